The summed E-state index contributed by atoms with van der Waals surface area (Å²) in [6.45, 7) is 2.85. The third-order valence-corrected chi connectivity index (χ3v) is 2.27. The van der Waals surface area contributed by atoms with Gasteiger partial charge in [0.1, 0.15) is 12.2 Å². The summed E-state index contributed by atoms with van der Waals surface area (Å²) in [6.07, 6.45) is 0.0535. The second kappa shape index (κ2) is 3.87. The lowest BCUT2D eigenvalue weighted by Gasteiger charge is -2.13. The smallest absolute Gasteiger partial charge is 0.219 e. The normalized spacial score (nSPS) is 29.4. The Morgan fingerprint density at radius 3 is 1.92 bits per heavy atom. The van der Waals surface area contributed by atoms with Crippen LogP contribution in [-0.2, 0) is 14.3 Å². The molecular weight excluding hydrogens is 158 g/mol. The number of ether oxygens (including phenoxy) is 2. The van der Waals surface area contributed by atoms with Crippen LogP contribution in [0.5, 0.6) is 0 Å². The SMILES string of the molecule is CO[C@H]1CN(C(C)=O)C[C@H]1OC. The first kappa shape index (κ1) is 9.48. The van der Waals surface area contributed by atoms with Crippen molar-refractivity contribution in [3.8, 4) is 0 Å². The lowest BCUT2D eigenvalue weighted by atomic mass is 10.3. The second-order valence-electron chi connectivity index (χ2n) is 2.97. The lowest BCUT2D eigenvalue weighted by Crippen LogP contribution is -2.27. The van der Waals surface area contributed by atoms with Gasteiger partial charge in [-0.2, -0.15) is 0 Å². The molecule has 0 aliphatic carbocycles. The molecule has 12 heavy (non-hydrogen) atoms. The predicted octanol–water partition coefficient (Wildman–Crippen LogP) is -0.122. The minimum Gasteiger partial charge on any atom is -0.377 e. The van der Waals surface area contributed by atoms with E-state index in [2.05, 4.69) is 0 Å². The molecule has 0 radical (unpaired) electrons. The molecule has 0 N–H and O–H groups in total. The van der Waals surface area contributed by atoms with Gasteiger partial charge in [-0.25, -0.2) is 0 Å². The maximum absolute atomic E-state index is 11.0. The zero-order valence-electron chi connectivity index (χ0n) is 7.74. The number of hydrogen-bond donors (Lipinski definition) is 0. The van der Waals surface area contributed by atoms with E-state index in [0.29, 0.717) is 13.1 Å². The first-order valence-electron chi connectivity index (χ1n) is 4.00. The summed E-state index contributed by atoms with van der Waals surface area (Å²) in [6, 6.07) is 0. The van der Waals surface area contributed by atoms with Crippen molar-refractivity contribution in [3.63, 3.8) is 0 Å². The van der Waals surface area contributed by atoms with Crippen LogP contribution in [-0.4, -0.2) is 50.3 Å². The molecule has 0 aromatic rings. The van der Waals surface area contributed by atoms with Gasteiger partial charge in [0.25, 0.3) is 0 Å². The van der Waals surface area contributed by atoms with Crippen molar-refractivity contribution in [2.45, 2.75) is 19.1 Å². The Bertz CT molecular complexity index is 160. The average Bonchev–Trinajstić information content (AvgIpc) is 2.46. The minimum atomic E-state index is 0.0268. The Kier molecular flexibility index (Phi) is 3.05. The number of carbonyl (C=O) groups is 1. The molecule has 1 aliphatic heterocycles. The lowest BCUT2D eigenvalue weighted by molar-refractivity contribution is -0.128. The maximum Gasteiger partial charge on any atom is 0.219 e. The summed E-state index contributed by atoms with van der Waals surface area (Å²) in [5.41, 5.74) is 0. The molecule has 1 saturated heterocycles. The number of nitrogens with zero attached hydrogens (tertiary/aromatic N) is 1. The van der Waals surface area contributed by atoms with Gasteiger partial charge in [0.05, 0.1) is 0 Å². The quantitative estimate of drug-likeness (QED) is 0.584. The monoisotopic (exact) mass is 173 g/mol. The van der Waals surface area contributed by atoms with E-state index in [9.17, 15) is 4.79 Å². The molecule has 1 rings (SSSR count). The molecular formula is C8H15NO3. The number of methoxy groups -OCH3 is 2. The van der Waals surface area contributed by atoms with E-state index >= 15 is 0 Å². The van der Waals surface area contributed by atoms with Crippen LogP contribution < -0.4 is 0 Å². The molecule has 1 fully saturated rings. The summed E-state index contributed by atoms with van der Waals surface area (Å²) in [4.78, 5) is 12.7. The molecule has 1 aliphatic rings. The van der Waals surface area contributed by atoms with Gasteiger partial charge in [-0.15, -0.1) is 0 Å². The molecule has 4 nitrogen and oxygen atoms in total. The summed E-state index contributed by atoms with van der Waals surface area (Å²) in [5, 5.41) is 0. The molecule has 0 saturated carbocycles. The van der Waals surface area contributed by atoms with Crippen molar-refractivity contribution >= 4 is 5.91 Å². The molecule has 0 bridgehead atoms. The van der Waals surface area contributed by atoms with E-state index < -0.39 is 0 Å². The first-order chi connectivity index (χ1) is 5.69. The Morgan fingerprint density at radius 2 is 1.67 bits per heavy atom. The number of hydrogen-bond acceptors (Lipinski definition) is 3. The number of rotatable bonds is 2. The third kappa shape index (κ3) is 1.76. The Hall–Kier alpha value is -0.610. The summed E-state index contributed by atoms with van der Waals surface area (Å²) >= 11 is 0. The van der Waals surface area contributed by atoms with Crippen LogP contribution in [0.2, 0.25) is 0 Å². The molecule has 0 unspecified atom stereocenters. The van der Waals surface area contributed by atoms with Crippen molar-refractivity contribution in [2.75, 3.05) is 27.3 Å². The highest BCUT2D eigenvalue weighted by molar-refractivity contribution is 5.73. The van der Waals surface area contributed by atoms with Crippen molar-refractivity contribution < 1.29 is 14.3 Å². The molecule has 1 amide bonds. The van der Waals surface area contributed by atoms with Crippen molar-refractivity contribution in [2.24, 2.45) is 0 Å². The Balaban J connectivity index is 2.53. The summed E-state index contributed by atoms with van der Waals surface area (Å²) in [5.74, 6) is 0.0802. The highest BCUT2D eigenvalue weighted by Crippen LogP contribution is 2.15. The van der Waals surface area contributed by atoms with Crippen LogP contribution >= 0.6 is 0 Å². The molecule has 2 atom stereocenters. The minimum absolute atomic E-state index is 0.0268. The van der Waals surface area contributed by atoms with E-state index in [1.54, 1.807) is 26.0 Å². The van der Waals surface area contributed by atoms with Crippen LogP contribution in [0, 0.1) is 0 Å². The fraction of sp³-hybridized carbons (Fsp3) is 0.875. The van der Waals surface area contributed by atoms with E-state index in [4.69, 9.17) is 9.47 Å². The number of amides is 1. The fourth-order valence-electron chi connectivity index (χ4n) is 1.45. The zero-order chi connectivity index (χ0) is 9.14. The van der Waals surface area contributed by atoms with Gasteiger partial charge < -0.3 is 14.4 Å². The average molecular weight is 173 g/mol. The fourth-order valence-corrected chi connectivity index (χ4v) is 1.45. The molecule has 0 aromatic carbocycles. The molecule has 1 heterocycles. The van der Waals surface area contributed by atoms with E-state index in [1.165, 1.54) is 0 Å². The predicted molar refractivity (Wildman–Crippen MR) is 43.8 cm³/mol. The van der Waals surface area contributed by atoms with Crippen LogP contribution in [0.3, 0.4) is 0 Å². The number of carbonyl (C=O) groups excluding carboxylic acids is 1. The Morgan fingerprint density at radius 1 is 1.25 bits per heavy atom. The molecule has 4 heteroatoms. The van der Waals surface area contributed by atoms with E-state index in [1.807, 2.05) is 0 Å². The van der Waals surface area contributed by atoms with E-state index in [-0.39, 0.29) is 18.1 Å². The summed E-state index contributed by atoms with van der Waals surface area (Å²) in [7, 11) is 3.28. The van der Waals surface area contributed by atoms with Crippen LogP contribution in [0.4, 0.5) is 0 Å². The van der Waals surface area contributed by atoms with Gasteiger partial charge in [-0.1, -0.05) is 0 Å². The topological polar surface area (TPSA) is 38.8 Å². The van der Waals surface area contributed by atoms with Gasteiger partial charge in [-0.3, -0.25) is 4.79 Å². The summed E-state index contributed by atoms with van der Waals surface area (Å²) < 4.78 is 10.4. The standard InChI is InChI=1S/C8H15NO3/c1-6(10)9-4-7(11-2)8(5-9)12-3/h7-8H,4-5H2,1-3H3/t7-,8+. The van der Waals surface area contributed by atoms with Crippen molar-refractivity contribution in [3.05, 3.63) is 0 Å². The maximum atomic E-state index is 11.0. The van der Waals surface area contributed by atoms with Gasteiger partial charge in [0.15, 0.2) is 0 Å². The second-order valence-corrected chi connectivity index (χ2v) is 2.97. The highest BCUT2D eigenvalue weighted by atomic mass is 16.5. The van der Waals surface area contributed by atoms with Crippen LogP contribution in [0.25, 0.3) is 0 Å². The zero-order valence-corrected chi connectivity index (χ0v) is 7.74. The Labute approximate surface area is 72.4 Å². The molecule has 70 valence electrons. The van der Waals surface area contributed by atoms with Gasteiger partial charge in [0.2, 0.25) is 5.91 Å². The van der Waals surface area contributed by atoms with Gasteiger partial charge >= 0.3 is 0 Å². The van der Waals surface area contributed by atoms with E-state index in [0.717, 1.165) is 0 Å². The van der Waals surface area contributed by atoms with Gasteiger partial charge in [-0.05, 0) is 0 Å². The first-order valence-corrected chi connectivity index (χ1v) is 4.00. The van der Waals surface area contributed by atoms with Crippen molar-refractivity contribution in [1.29, 1.82) is 0 Å². The molecule has 0 spiro atoms. The van der Waals surface area contributed by atoms with Gasteiger partial charge in [0, 0.05) is 34.2 Å². The van der Waals surface area contributed by atoms with Crippen LogP contribution in [0.15, 0.2) is 0 Å². The van der Waals surface area contributed by atoms with Crippen molar-refractivity contribution in [1.82, 2.24) is 4.90 Å². The molecule has 0 aromatic heterocycles. The third-order valence-electron chi connectivity index (χ3n) is 2.27. The van der Waals surface area contributed by atoms with Crippen LogP contribution in [0.1, 0.15) is 6.92 Å². The largest absolute Gasteiger partial charge is 0.377 e. The highest BCUT2D eigenvalue weighted by Gasteiger charge is 2.33. The number of likely N-dealkylation sites (tertiary alicyclic amines) is 1.